The van der Waals surface area contributed by atoms with Crippen molar-refractivity contribution in [2.75, 3.05) is 27.4 Å². The van der Waals surface area contributed by atoms with Crippen molar-refractivity contribution < 1.29 is 28.5 Å². The summed E-state index contributed by atoms with van der Waals surface area (Å²) in [5.74, 6) is -0.326. The summed E-state index contributed by atoms with van der Waals surface area (Å²) in [5, 5.41) is 0. The Kier molecular flexibility index (Phi) is 6.80. The van der Waals surface area contributed by atoms with Gasteiger partial charge in [0.2, 0.25) is 0 Å². The molecule has 0 amide bonds. The van der Waals surface area contributed by atoms with Crippen molar-refractivity contribution in [2.24, 2.45) is 0 Å². The third-order valence-electron chi connectivity index (χ3n) is 2.53. The molecule has 0 aliphatic carbocycles. The lowest BCUT2D eigenvalue weighted by molar-refractivity contribution is -0.144. The van der Waals surface area contributed by atoms with Crippen LogP contribution in [0.2, 0.25) is 0 Å². The average molecular weight is 294 g/mol. The van der Waals surface area contributed by atoms with Crippen LogP contribution in [0.15, 0.2) is 30.9 Å². The van der Waals surface area contributed by atoms with Crippen molar-refractivity contribution >= 4 is 11.9 Å². The van der Waals surface area contributed by atoms with Gasteiger partial charge in [0.1, 0.15) is 0 Å². The van der Waals surface area contributed by atoms with E-state index >= 15 is 0 Å². The fourth-order valence-electron chi connectivity index (χ4n) is 1.47. The zero-order valence-electron chi connectivity index (χ0n) is 12.1. The molecule has 0 atom stereocenters. The normalized spacial score (nSPS) is 9.62. The van der Waals surface area contributed by atoms with E-state index in [-0.39, 0.29) is 13.2 Å². The lowest BCUT2D eigenvalue weighted by atomic mass is 10.1. The van der Waals surface area contributed by atoms with Crippen molar-refractivity contribution in [3.05, 3.63) is 36.4 Å². The van der Waals surface area contributed by atoms with Crippen LogP contribution in [0, 0.1) is 0 Å². The van der Waals surface area contributed by atoms with Crippen molar-refractivity contribution in [3.63, 3.8) is 0 Å². The van der Waals surface area contributed by atoms with Crippen molar-refractivity contribution in [2.45, 2.75) is 6.42 Å². The number of esters is 2. The largest absolute Gasteiger partial charge is 0.478 e. The van der Waals surface area contributed by atoms with Gasteiger partial charge in [0.25, 0.3) is 0 Å². The standard InChI is InChI=1S/C15H18O6/c1-4-5-11-6-7-12(20-9-14(16)18-2)13(8-11)21-10-15(17)19-3/h4,6-8H,1,5,9-10H2,2-3H3. The van der Waals surface area contributed by atoms with Crippen LogP contribution >= 0.6 is 0 Å². The molecule has 0 aliphatic heterocycles. The Morgan fingerprint density at radius 1 is 1.05 bits per heavy atom. The van der Waals surface area contributed by atoms with Gasteiger partial charge < -0.3 is 18.9 Å². The second-order valence-corrected chi connectivity index (χ2v) is 4.00. The molecule has 1 rings (SSSR count). The van der Waals surface area contributed by atoms with E-state index in [4.69, 9.17) is 9.47 Å². The monoisotopic (exact) mass is 294 g/mol. The maximum absolute atomic E-state index is 11.1. The van der Waals surface area contributed by atoms with E-state index in [1.165, 1.54) is 14.2 Å². The number of rotatable bonds is 8. The number of carbonyl (C=O) groups excluding carboxylic acids is 2. The van der Waals surface area contributed by atoms with Gasteiger partial charge in [-0.2, -0.15) is 0 Å². The van der Waals surface area contributed by atoms with Gasteiger partial charge in [0.15, 0.2) is 24.7 Å². The fraction of sp³-hybridized carbons (Fsp3) is 0.333. The maximum atomic E-state index is 11.1. The second kappa shape index (κ2) is 8.63. The highest BCUT2D eigenvalue weighted by Crippen LogP contribution is 2.28. The predicted octanol–water partition coefficient (Wildman–Crippen LogP) is 1.52. The molecule has 6 heteroatoms. The van der Waals surface area contributed by atoms with Crippen LogP contribution in [0.1, 0.15) is 5.56 Å². The number of hydrogen-bond acceptors (Lipinski definition) is 6. The summed E-state index contributed by atoms with van der Waals surface area (Å²) in [6.07, 6.45) is 2.39. The van der Waals surface area contributed by atoms with Crippen LogP contribution in [0.4, 0.5) is 0 Å². The molecule has 0 unspecified atom stereocenters. The molecule has 0 N–H and O–H groups in total. The number of hydrogen-bond donors (Lipinski definition) is 0. The van der Waals surface area contributed by atoms with E-state index in [0.717, 1.165) is 5.56 Å². The van der Waals surface area contributed by atoms with Crippen LogP contribution in [0.5, 0.6) is 11.5 Å². The fourth-order valence-corrected chi connectivity index (χ4v) is 1.47. The van der Waals surface area contributed by atoms with Crippen molar-refractivity contribution in [3.8, 4) is 11.5 Å². The number of allylic oxidation sites excluding steroid dienone is 1. The van der Waals surface area contributed by atoms with Gasteiger partial charge >= 0.3 is 11.9 Å². The molecule has 1 aromatic carbocycles. The molecule has 0 fully saturated rings. The first-order valence-electron chi connectivity index (χ1n) is 6.23. The molecule has 0 saturated heterocycles. The summed E-state index contributed by atoms with van der Waals surface area (Å²) in [7, 11) is 2.54. The molecular formula is C15H18O6. The van der Waals surface area contributed by atoms with Gasteiger partial charge in [0.05, 0.1) is 14.2 Å². The third-order valence-corrected chi connectivity index (χ3v) is 2.53. The van der Waals surface area contributed by atoms with Crippen LogP contribution < -0.4 is 9.47 Å². The number of benzene rings is 1. The third kappa shape index (κ3) is 5.56. The van der Waals surface area contributed by atoms with Gasteiger partial charge in [0, 0.05) is 0 Å². The minimum Gasteiger partial charge on any atom is -0.478 e. The number of methoxy groups -OCH3 is 2. The summed E-state index contributed by atoms with van der Waals surface area (Å²) < 4.78 is 19.7. The Morgan fingerprint density at radius 3 is 2.14 bits per heavy atom. The predicted molar refractivity (Wildman–Crippen MR) is 75.4 cm³/mol. The Balaban J connectivity index is 2.85. The molecule has 0 spiro atoms. The van der Waals surface area contributed by atoms with Crippen LogP contribution in [0.3, 0.4) is 0 Å². The Morgan fingerprint density at radius 2 is 1.62 bits per heavy atom. The Bertz CT molecular complexity index is 509. The molecule has 0 aliphatic rings. The molecular weight excluding hydrogens is 276 g/mol. The van der Waals surface area contributed by atoms with E-state index in [2.05, 4.69) is 16.1 Å². The SMILES string of the molecule is C=CCc1ccc(OCC(=O)OC)c(OCC(=O)OC)c1. The van der Waals surface area contributed by atoms with E-state index in [0.29, 0.717) is 17.9 Å². The van der Waals surface area contributed by atoms with Crippen LogP contribution in [0.25, 0.3) is 0 Å². The van der Waals surface area contributed by atoms with Crippen LogP contribution in [-0.4, -0.2) is 39.4 Å². The van der Waals surface area contributed by atoms with Gasteiger partial charge in [-0.15, -0.1) is 6.58 Å². The average Bonchev–Trinajstić information content (AvgIpc) is 2.51. The Hall–Kier alpha value is -2.50. The summed E-state index contributed by atoms with van der Waals surface area (Å²) in [4.78, 5) is 22.2. The van der Waals surface area contributed by atoms with E-state index < -0.39 is 11.9 Å². The molecule has 0 saturated carbocycles. The smallest absolute Gasteiger partial charge is 0.343 e. The minimum atomic E-state index is -0.511. The first-order valence-corrected chi connectivity index (χ1v) is 6.23. The quantitative estimate of drug-likeness (QED) is 0.535. The number of carbonyl (C=O) groups is 2. The molecule has 0 aromatic heterocycles. The summed E-state index contributed by atoms with van der Waals surface area (Å²) in [6, 6.07) is 5.20. The molecule has 114 valence electrons. The summed E-state index contributed by atoms with van der Waals surface area (Å²) >= 11 is 0. The highest BCUT2D eigenvalue weighted by Gasteiger charge is 2.11. The first-order chi connectivity index (χ1) is 10.1. The Labute approximate surface area is 123 Å². The maximum Gasteiger partial charge on any atom is 0.343 e. The topological polar surface area (TPSA) is 71.1 Å². The van der Waals surface area contributed by atoms with Gasteiger partial charge in [-0.25, -0.2) is 9.59 Å². The molecule has 1 aromatic rings. The van der Waals surface area contributed by atoms with Gasteiger partial charge in [-0.1, -0.05) is 12.1 Å². The molecule has 6 nitrogen and oxygen atoms in total. The first kappa shape index (κ1) is 16.6. The second-order valence-electron chi connectivity index (χ2n) is 4.00. The molecule has 21 heavy (non-hydrogen) atoms. The highest BCUT2D eigenvalue weighted by molar-refractivity contribution is 5.71. The molecule has 0 radical (unpaired) electrons. The summed E-state index contributed by atoms with van der Waals surface area (Å²) in [6.45, 7) is 3.17. The molecule has 0 heterocycles. The van der Waals surface area contributed by atoms with Crippen LogP contribution in [-0.2, 0) is 25.5 Å². The number of ether oxygens (including phenoxy) is 4. The van der Waals surface area contributed by atoms with Gasteiger partial charge in [-0.05, 0) is 24.1 Å². The lowest BCUT2D eigenvalue weighted by Gasteiger charge is -2.12. The van der Waals surface area contributed by atoms with E-state index in [1.807, 2.05) is 6.07 Å². The van der Waals surface area contributed by atoms with Crippen molar-refractivity contribution in [1.29, 1.82) is 0 Å². The van der Waals surface area contributed by atoms with Gasteiger partial charge in [-0.3, -0.25) is 0 Å². The lowest BCUT2D eigenvalue weighted by Crippen LogP contribution is -2.15. The zero-order chi connectivity index (χ0) is 15.7. The van der Waals surface area contributed by atoms with Crippen molar-refractivity contribution in [1.82, 2.24) is 0 Å². The highest BCUT2D eigenvalue weighted by atomic mass is 16.6. The zero-order valence-corrected chi connectivity index (χ0v) is 12.1. The summed E-state index contributed by atoms with van der Waals surface area (Å²) in [5.41, 5.74) is 0.940. The van der Waals surface area contributed by atoms with E-state index in [9.17, 15) is 9.59 Å². The molecule has 0 bridgehead atoms. The van der Waals surface area contributed by atoms with E-state index in [1.54, 1.807) is 18.2 Å². The minimum absolute atomic E-state index is 0.244.